The Morgan fingerprint density at radius 3 is 2.53 bits per heavy atom. The molecule has 1 saturated heterocycles. The van der Waals surface area contributed by atoms with Gasteiger partial charge in [-0.3, -0.25) is 4.79 Å². The highest BCUT2D eigenvalue weighted by molar-refractivity contribution is 5.94. The van der Waals surface area contributed by atoms with Crippen LogP contribution in [-0.4, -0.2) is 41.8 Å². The summed E-state index contributed by atoms with van der Waals surface area (Å²) in [7, 11) is 0. The van der Waals surface area contributed by atoms with E-state index in [4.69, 9.17) is 0 Å². The van der Waals surface area contributed by atoms with E-state index in [1.165, 1.54) is 22.8 Å². The molecule has 1 fully saturated rings. The number of fused-ring (bicyclic) bond motifs is 1. The van der Waals surface area contributed by atoms with E-state index in [2.05, 4.69) is 5.32 Å². The molecule has 4 rings (SSSR count). The van der Waals surface area contributed by atoms with Gasteiger partial charge < -0.3 is 19.9 Å². The van der Waals surface area contributed by atoms with Gasteiger partial charge in [-0.1, -0.05) is 12.1 Å². The van der Waals surface area contributed by atoms with Gasteiger partial charge in [0, 0.05) is 38.9 Å². The van der Waals surface area contributed by atoms with Crippen LogP contribution in [0.5, 0.6) is 0 Å². The molecule has 9 heteroatoms. The van der Waals surface area contributed by atoms with Gasteiger partial charge in [-0.25, -0.2) is 18.0 Å². The maximum absolute atomic E-state index is 15.6. The largest absolute Gasteiger partial charge is 0.477 e. The number of carbonyl (C=O) groups is 1. The van der Waals surface area contributed by atoms with E-state index in [1.807, 2.05) is 0 Å². The minimum Gasteiger partial charge on any atom is -0.477 e. The van der Waals surface area contributed by atoms with E-state index in [0.717, 1.165) is 12.3 Å². The van der Waals surface area contributed by atoms with E-state index >= 15 is 4.39 Å². The number of hydrogen-bond donors (Lipinski definition) is 2. The van der Waals surface area contributed by atoms with Gasteiger partial charge in [0.1, 0.15) is 22.9 Å². The number of carboxylic acid groups (broad SMARTS) is 1. The van der Waals surface area contributed by atoms with Crippen LogP contribution in [0.15, 0.2) is 41.3 Å². The summed E-state index contributed by atoms with van der Waals surface area (Å²) in [5.41, 5.74) is -1.64. The smallest absolute Gasteiger partial charge is 0.341 e. The molecular formula is C21H18F3N3O3. The van der Waals surface area contributed by atoms with Gasteiger partial charge in [-0.2, -0.15) is 0 Å². The summed E-state index contributed by atoms with van der Waals surface area (Å²) in [6.07, 6.45) is 1.01. The standard InChI is InChI=1S/C21H18F3N3O3/c22-13-3-1-2-12(8-13)10-27-11-15(21(29)30)20(28)14-9-16(23)19(17(24)18(14)27)26-6-4-25-5-7-26/h1-3,8-9,11,25H,4-7,10H2,(H,29,30). The summed E-state index contributed by atoms with van der Waals surface area (Å²) >= 11 is 0. The second-order valence-corrected chi connectivity index (χ2v) is 7.09. The van der Waals surface area contributed by atoms with E-state index in [-0.39, 0.29) is 23.1 Å². The number of carboxylic acids is 1. The van der Waals surface area contributed by atoms with Crippen LogP contribution in [0.3, 0.4) is 0 Å². The first-order chi connectivity index (χ1) is 14.4. The molecule has 1 aliphatic heterocycles. The molecule has 0 bridgehead atoms. The second-order valence-electron chi connectivity index (χ2n) is 7.09. The van der Waals surface area contributed by atoms with Gasteiger partial charge in [0.25, 0.3) is 0 Å². The lowest BCUT2D eigenvalue weighted by molar-refractivity contribution is 0.0694. The van der Waals surface area contributed by atoms with Gasteiger partial charge in [0.05, 0.1) is 10.9 Å². The number of benzene rings is 2. The molecule has 0 radical (unpaired) electrons. The van der Waals surface area contributed by atoms with Crippen molar-refractivity contribution in [2.45, 2.75) is 6.54 Å². The van der Waals surface area contributed by atoms with Crippen molar-refractivity contribution in [1.29, 1.82) is 0 Å². The van der Waals surface area contributed by atoms with Crippen molar-refractivity contribution in [3.8, 4) is 0 Å². The monoisotopic (exact) mass is 417 g/mol. The van der Waals surface area contributed by atoms with E-state index in [0.29, 0.717) is 31.7 Å². The molecule has 2 aromatic carbocycles. The molecule has 3 aromatic rings. The minimum absolute atomic E-state index is 0.0988. The van der Waals surface area contributed by atoms with E-state index in [1.54, 1.807) is 11.0 Å². The second kappa shape index (κ2) is 7.83. The van der Waals surface area contributed by atoms with Crippen LogP contribution in [0.1, 0.15) is 15.9 Å². The van der Waals surface area contributed by atoms with Crippen LogP contribution < -0.4 is 15.6 Å². The lowest BCUT2D eigenvalue weighted by atomic mass is 10.1. The lowest BCUT2D eigenvalue weighted by Crippen LogP contribution is -2.44. The zero-order valence-corrected chi connectivity index (χ0v) is 15.8. The molecule has 0 amide bonds. The molecule has 6 nitrogen and oxygen atoms in total. The highest BCUT2D eigenvalue weighted by Gasteiger charge is 2.25. The SMILES string of the molecule is O=C(O)c1cn(Cc2cccc(F)c2)c2c(F)c(N3CCNCC3)c(F)cc2c1=O. The Bertz CT molecular complexity index is 1200. The normalized spacial score (nSPS) is 14.3. The molecule has 2 N–H and O–H groups in total. The number of pyridine rings is 1. The van der Waals surface area contributed by atoms with Crippen LogP contribution in [0.4, 0.5) is 18.9 Å². The van der Waals surface area contributed by atoms with Crippen molar-refractivity contribution in [2.24, 2.45) is 0 Å². The summed E-state index contributed by atoms with van der Waals surface area (Å²) in [6, 6.07) is 6.41. The van der Waals surface area contributed by atoms with Crippen LogP contribution in [0, 0.1) is 17.5 Å². The third-order valence-electron chi connectivity index (χ3n) is 5.14. The van der Waals surface area contributed by atoms with Crippen molar-refractivity contribution in [3.63, 3.8) is 0 Å². The van der Waals surface area contributed by atoms with Gasteiger partial charge >= 0.3 is 5.97 Å². The average Bonchev–Trinajstić information content (AvgIpc) is 2.70. The highest BCUT2D eigenvalue weighted by Crippen LogP contribution is 2.30. The fraction of sp³-hybridized carbons (Fsp3) is 0.238. The zero-order valence-electron chi connectivity index (χ0n) is 15.8. The summed E-state index contributed by atoms with van der Waals surface area (Å²) in [5.74, 6) is -3.90. The predicted octanol–water partition coefficient (Wildman–Crippen LogP) is 2.57. The predicted molar refractivity (Wildman–Crippen MR) is 106 cm³/mol. The van der Waals surface area contributed by atoms with Crippen molar-refractivity contribution in [3.05, 3.63) is 75.3 Å². The number of hydrogen-bond acceptors (Lipinski definition) is 4. The van der Waals surface area contributed by atoms with Crippen molar-refractivity contribution >= 4 is 22.6 Å². The molecule has 156 valence electrons. The van der Waals surface area contributed by atoms with Gasteiger partial charge in [0.2, 0.25) is 5.43 Å². The van der Waals surface area contributed by atoms with Crippen LogP contribution in [0.25, 0.3) is 10.9 Å². The maximum Gasteiger partial charge on any atom is 0.341 e. The quantitative estimate of drug-likeness (QED) is 0.683. The zero-order chi connectivity index (χ0) is 21.4. The molecule has 1 aromatic heterocycles. The summed E-state index contributed by atoms with van der Waals surface area (Å²) in [6.45, 7) is 1.75. The number of rotatable bonds is 4. The van der Waals surface area contributed by atoms with E-state index < -0.39 is 34.4 Å². The Morgan fingerprint density at radius 2 is 1.87 bits per heavy atom. The molecule has 0 saturated carbocycles. The van der Waals surface area contributed by atoms with Crippen LogP contribution >= 0.6 is 0 Å². The summed E-state index contributed by atoms with van der Waals surface area (Å²) in [4.78, 5) is 25.7. The van der Waals surface area contributed by atoms with Crippen molar-refractivity contribution in [2.75, 3.05) is 31.1 Å². The first kappa shape index (κ1) is 20.0. The van der Waals surface area contributed by atoms with Gasteiger partial charge in [0.15, 0.2) is 5.82 Å². The Morgan fingerprint density at radius 1 is 1.13 bits per heavy atom. The number of anilines is 1. The molecule has 2 heterocycles. The number of aromatic carboxylic acids is 1. The maximum atomic E-state index is 15.6. The molecule has 0 aliphatic carbocycles. The third kappa shape index (κ3) is 3.52. The molecule has 0 spiro atoms. The number of nitrogens with zero attached hydrogens (tertiary/aromatic N) is 2. The lowest BCUT2D eigenvalue weighted by Gasteiger charge is -2.30. The Balaban J connectivity index is 1.98. The van der Waals surface area contributed by atoms with Gasteiger partial charge in [-0.05, 0) is 23.8 Å². The number of halogens is 3. The topological polar surface area (TPSA) is 74.6 Å². The minimum atomic E-state index is -1.51. The molecule has 30 heavy (non-hydrogen) atoms. The Kier molecular flexibility index (Phi) is 5.21. The fourth-order valence-corrected chi connectivity index (χ4v) is 3.76. The summed E-state index contributed by atoms with van der Waals surface area (Å²) < 4.78 is 45.3. The first-order valence-electron chi connectivity index (χ1n) is 9.35. The Hall–Kier alpha value is -3.33. The first-order valence-corrected chi connectivity index (χ1v) is 9.35. The van der Waals surface area contributed by atoms with Crippen LogP contribution in [-0.2, 0) is 6.54 Å². The highest BCUT2D eigenvalue weighted by atomic mass is 19.1. The number of piperazine rings is 1. The third-order valence-corrected chi connectivity index (χ3v) is 5.14. The fourth-order valence-electron chi connectivity index (χ4n) is 3.76. The van der Waals surface area contributed by atoms with Crippen LogP contribution in [0.2, 0.25) is 0 Å². The molecule has 0 unspecified atom stereocenters. The molecule has 1 aliphatic rings. The molecule has 0 atom stereocenters. The Labute approximate surface area is 169 Å². The average molecular weight is 417 g/mol. The van der Waals surface area contributed by atoms with Crippen molar-refractivity contribution < 1.29 is 23.1 Å². The number of aromatic nitrogens is 1. The van der Waals surface area contributed by atoms with Crippen molar-refractivity contribution in [1.82, 2.24) is 9.88 Å². The van der Waals surface area contributed by atoms with E-state index in [9.17, 15) is 23.5 Å². The summed E-state index contributed by atoms with van der Waals surface area (Å²) in [5, 5.41) is 12.1. The number of nitrogens with one attached hydrogen (secondary N) is 1. The van der Waals surface area contributed by atoms with Gasteiger partial charge in [-0.15, -0.1) is 0 Å². The molecular weight excluding hydrogens is 399 g/mol.